The lowest BCUT2D eigenvalue weighted by Gasteiger charge is -2.11. The minimum atomic E-state index is -4.93. The molecule has 1 saturated heterocycles. The Morgan fingerprint density at radius 2 is 2.15 bits per heavy atom. The van der Waals surface area contributed by atoms with Crippen LogP contribution >= 0.6 is 0 Å². The van der Waals surface area contributed by atoms with Gasteiger partial charge in [-0.25, -0.2) is 0 Å². The molecule has 1 fully saturated rings. The van der Waals surface area contributed by atoms with Gasteiger partial charge >= 0.3 is 12.1 Å². The number of nitrogens with one attached hydrogen (secondary N) is 2. The lowest BCUT2D eigenvalue weighted by atomic mass is 10.2. The average molecular weight is 196 g/mol. The fourth-order valence-corrected chi connectivity index (χ4v) is 0.972. The van der Waals surface area contributed by atoms with Crippen molar-refractivity contribution in [2.24, 2.45) is 0 Å². The van der Waals surface area contributed by atoms with Gasteiger partial charge in [0.15, 0.2) is 0 Å². The van der Waals surface area contributed by atoms with Crippen molar-refractivity contribution in [3.05, 3.63) is 0 Å². The number of rotatable bonds is 1. The average Bonchev–Trinajstić information content (AvgIpc) is 2.34. The second-order valence-electron chi connectivity index (χ2n) is 2.60. The largest absolute Gasteiger partial charge is 0.471 e. The third kappa shape index (κ3) is 2.33. The van der Waals surface area contributed by atoms with Crippen molar-refractivity contribution in [1.29, 1.82) is 0 Å². The lowest BCUT2D eigenvalue weighted by molar-refractivity contribution is -0.174. The zero-order valence-electron chi connectivity index (χ0n) is 6.44. The molecule has 0 aromatic heterocycles. The normalized spacial score (nSPS) is 22.7. The fourth-order valence-electron chi connectivity index (χ4n) is 0.972. The summed E-state index contributed by atoms with van der Waals surface area (Å²) in [4.78, 5) is 21.1. The van der Waals surface area contributed by atoms with E-state index in [0.717, 1.165) is 0 Å². The molecular formula is C6H7F3N2O2. The summed E-state index contributed by atoms with van der Waals surface area (Å²) < 4.78 is 35.1. The Hall–Kier alpha value is -1.27. The molecule has 1 rings (SSSR count). The van der Waals surface area contributed by atoms with Crippen molar-refractivity contribution in [2.45, 2.75) is 18.6 Å². The Balaban J connectivity index is 2.49. The molecule has 2 amide bonds. The highest BCUT2D eigenvalue weighted by atomic mass is 19.4. The van der Waals surface area contributed by atoms with Crippen molar-refractivity contribution in [1.82, 2.24) is 10.6 Å². The number of hydrogen-bond donors (Lipinski definition) is 2. The van der Waals surface area contributed by atoms with E-state index in [1.807, 2.05) is 0 Å². The molecule has 2 N–H and O–H groups in total. The van der Waals surface area contributed by atoms with E-state index in [9.17, 15) is 22.8 Å². The smallest absolute Gasteiger partial charge is 0.354 e. The summed E-state index contributed by atoms with van der Waals surface area (Å²) in [5.41, 5.74) is 0. The first kappa shape index (κ1) is 9.82. The van der Waals surface area contributed by atoms with Crippen LogP contribution in [0, 0.1) is 0 Å². The number of carbonyl (C=O) groups excluding carboxylic acids is 2. The van der Waals surface area contributed by atoms with Crippen LogP contribution in [-0.4, -0.2) is 30.6 Å². The zero-order chi connectivity index (χ0) is 10.1. The molecule has 1 aliphatic rings. The van der Waals surface area contributed by atoms with Crippen LogP contribution in [-0.2, 0) is 9.59 Å². The third-order valence-corrected chi connectivity index (χ3v) is 1.61. The van der Waals surface area contributed by atoms with Crippen molar-refractivity contribution >= 4 is 11.8 Å². The highest BCUT2D eigenvalue weighted by molar-refractivity contribution is 5.90. The highest BCUT2D eigenvalue weighted by Gasteiger charge is 2.41. The minimum Gasteiger partial charge on any atom is -0.354 e. The third-order valence-electron chi connectivity index (χ3n) is 1.61. The van der Waals surface area contributed by atoms with E-state index in [-0.39, 0.29) is 6.42 Å². The summed E-state index contributed by atoms with van der Waals surface area (Å²) in [5, 5.41) is 3.90. The Morgan fingerprint density at radius 1 is 1.54 bits per heavy atom. The van der Waals surface area contributed by atoms with E-state index in [1.165, 1.54) is 0 Å². The highest BCUT2D eigenvalue weighted by Crippen LogP contribution is 2.15. The number of hydrogen-bond acceptors (Lipinski definition) is 2. The molecule has 0 spiro atoms. The Morgan fingerprint density at radius 3 is 2.54 bits per heavy atom. The first-order chi connectivity index (χ1) is 5.91. The molecule has 0 bridgehead atoms. The quantitative estimate of drug-likeness (QED) is 0.597. The number of alkyl halides is 3. The summed E-state index contributed by atoms with van der Waals surface area (Å²) in [6.45, 7) is 0.293. The zero-order valence-corrected chi connectivity index (χ0v) is 6.44. The van der Waals surface area contributed by atoms with Crippen molar-refractivity contribution in [3.63, 3.8) is 0 Å². The standard InChI is InChI=1S/C6H7F3N2O2/c7-6(8,9)5(13)11-3-1-2-10-4(3)12/h3H,1-2H2,(H,10,12)(H,11,13)/t3-/m1/s1. The summed E-state index contributed by atoms with van der Waals surface area (Å²) in [7, 11) is 0. The van der Waals surface area contributed by atoms with Gasteiger partial charge in [-0.3, -0.25) is 9.59 Å². The topological polar surface area (TPSA) is 58.2 Å². The van der Waals surface area contributed by atoms with Crippen LogP contribution in [0.5, 0.6) is 0 Å². The molecule has 7 heteroatoms. The van der Waals surface area contributed by atoms with Crippen molar-refractivity contribution < 1.29 is 22.8 Å². The van der Waals surface area contributed by atoms with Gasteiger partial charge in [-0.2, -0.15) is 13.2 Å². The van der Waals surface area contributed by atoms with E-state index in [1.54, 1.807) is 5.32 Å². The van der Waals surface area contributed by atoms with Crippen LogP contribution in [0.4, 0.5) is 13.2 Å². The number of halogens is 3. The van der Waals surface area contributed by atoms with Crippen molar-refractivity contribution in [2.75, 3.05) is 6.54 Å². The molecule has 74 valence electrons. The summed E-state index contributed by atoms with van der Waals surface area (Å²) in [6, 6.07) is -1.05. The first-order valence-electron chi connectivity index (χ1n) is 3.56. The van der Waals surface area contributed by atoms with E-state index in [2.05, 4.69) is 5.32 Å². The van der Waals surface area contributed by atoms with Gasteiger partial charge in [-0.15, -0.1) is 0 Å². The molecule has 1 aliphatic heterocycles. The second kappa shape index (κ2) is 3.23. The molecule has 0 aliphatic carbocycles. The SMILES string of the molecule is O=C1NCC[C@H]1NC(=O)C(F)(F)F. The Labute approximate surface area is 71.5 Å². The summed E-state index contributed by atoms with van der Waals surface area (Å²) >= 11 is 0. The van der Waals surface area contributed by atoms with Gasteiger partial charge in [0.25, 0.3) is 0 Å². The van der Waals surface area contributed by atoms with Crippen molar-refractivity contribution in [3.8, 4) is 0 Å². The Bertz CT molecular complexity index is 239. The molecule has 1 atom stereocenters. The fraction of sp³-hybridized carbons (Fsp3) is 0.667. The van der Waals surface area contributed by atoms with Gasteiger partial charge in [0, 0.05) is 6.54 Å². The first-order valence-corrected chi connectivity index (χ1v) is 3.56. The predicted octanol–water partition coefficient (Wildman–Crippen LogP) is -0.447. The molecule has 0 unspecified atom stereocenters. The molecular weight excluding hydrogens is 189 g/mol. The maximum atomic E-state index is 11.7. The van der Waals surface area contributed by atoms with E-state index in [0.29, 0.717) is 6.54 Å². The molecule has 13 heavy (non-hydrogen) atoms. The van der Waals surface area contributed by atoms with Gasteiger partial charge in [-0.1, -0.05) is 0 Å². The molecule has 1 heterocycles. The van der Waals surface area contributed by atoms with E-state index in [4.69, 9.17) is 0 Å². The Kier molecular flexibility index (Phi) is 2.44. The number of carbonyl (C=O) groups is 2. The lowest BCUT2D eigenvalue weighted by Crippen LogP contribution is -2.46. The van der Waals surface area contributed by atoms with Gasteiger partial charge in [0.1, 0.15) is 6.04 Å². The summed E-state index contributed by atoms with van der Waals surface area (Å²) in [6.07, 6.45) is -4.73. The molecule has 4 nitrogen and oxygen atoms in total. The molecule has 0 aromatic carbocycles. The molecule has 0 aromatic rings. The van der Waals surface area contributed by atoms with Crippen LogP contribution in [0.1, 0.15) is 6.42 Å². The second-order valence-corrected chi connectivity index (χ2v) is 2.60. The minimum absolute atomic E-state index is 0.195. The van der Waals surface area contributed by atoms with Gasteiger partial charge < -0.3 is 10.6 Å². The monoisotopic (exact) mass is 196 g/mol. The number of amides is 2. The molecule has 0 saturated carbocycles. The van der Waals surface area contributed by atoms with Crippen LogP contribution in [0.3, 0.4) is 0 Å². The van der Waals surface area contributed by atoms with Gasteiger partial charge in [0.2, 0.25) is 5.91 Å². The maximum absolute atomic E-state index is 11.7. The van der Waals surface area contributed by atoms with Crippen LogP contribution in [0.25, 0.3) is 0 Å². The molecule has 0 radical (unpaired) electrons. The van der Waals surface area contributed by atoms with Gasteiger partial charge in [0.05, 0.1) is 0 Å². The van der Waals surface area contributed by atoms with E-state index >= 15 is 0 Å². The maximum Gasteiger partial charge on any atom is 0.471 e. The van der Waals surface area contributed by atoms with E-state index < -0.39 is 24.0 Å². The predicted molar refractivity (Wildman–Crippen MR) is 35.6 cm³/mol. The van der Waals surface area contributed by atoms with Crippen LogP contribution < -0.4 is 10.6 Å². The van der Waals surface area contributed by atoms with Gasteiger partial charge in [-0.05, 0) is 6.42 Å². The van der Waals surface area contributed by atoms with Crippen LogP contribution in [0.15, 0.2) is 0 Å². The summed E-state index contributed by atoms with van der Waals surface area (Å²) in [5.74, 6) is -2.65. The van der Waals surface area contributed by atoms with Crippen LogP contribution in [0.2, 0.25) is 0 Å².